The number of anilines is 2. The summed E-state index contributed by atoms with van der Waals surface area (Å²) >= 11 is 2.78. The summed E-state index contributed by atoms with van der Waals surface area (Å²) in [6, 6.07) is 37.4. The van der Waals surface area contributed by atoms with E-state index in [4.69, 9.17) is 4.74 Å². The minimum Gasteiger partial charge on any atom is -0.497 e. The normalized spacial score (nSPS) is 11.8. The lowest BCUT2D eigenvalue weighted by Gasteiger charge is -2.13. The van der Waals surface area contributed by atoms with Crippen LogP contribution in [-0.2, 0) is 9.59 Å². The van der Waals surface area contributed by atoms with Gasteiger partial charge < -0.3 is 20.7 Å². The van der Waals surface area contributed by atoms with Crippen LogP contribution in [0.25, 0.3) is 28.1 Å². The molecule has 6 rings (SSSR count). The third-order valence-corrected chi connectivity index (χ3v) is 9.38. The molecule has 3 N–H and O–H groups in total. The first-order valence-electron chi connectivity index (χ1n) is 15.4. The Morgan fingerprint density at radius 1 is 0.816 bits per heavy atom. The molecule has 1 unspecified atom stereocenters. The van der Waals surface area contributed by atoms with Gasteiger partial charge in [-0.15, -0.1) is 23.1 Å². The molecular formula is C39H32N4O4S2. The Kier molecular flexibility index (Phi) is 10.5. The van der Waals surface area contributed by atoms with E-state index >= 15 is 0 Å². The highest BCUT2D eigenvalue weighted by atomic mass is 32.2. The number of hydrogen-bond donors (Lipinski definition) is 3. The van der Waals surface area contributed by atoms with Crippen molar-refractivity contribution in [2.75, 3.05) is 17.7 Å². The van der Waals surface area contributed by atoms with Crippen molar-refractivity contribution in [1.29, 1.82) is 0 Å². The molecule has 0 bridgehead atoms. The van der Waals surface area contributed by atoms with E-state index in [2.05, 4.69) is 45.2 Å². The SMILES string of the molecule is COc1cccc(/C=C(\NC(=O)c2ccccc2)C(=O)Nc2ccc(SC(C)C(=O)Nc3nc(-c4ccc5ccccc5c4)cs3)cc2)c1. The maximum atomic E-state index is 13.4. The minimum absolute atomic E-state index is 0.0665. The number of fused-ring (bicyclic) bond motifs is 1. The molecule has 0 radical (unpaired) electrons. The van der Waals surface area contributed by atoms with Crippen LogP contribution in [0.15, 0.2) is 137 Å². The summed E-state index contributed by atoms with van der Waals surface area (Å²) in [6.07, 6.45) is 1.59. The molecule has 5 aromatic carbocycles. The third-order valence-electron chi connectivity index (χ3n) is 7.51. The Morgan fingerprint density at radius 3 is 2.35 bits per heavy atom. The van der Waals surface area contributed by atoms with Gasteiger partial charge in [-0.25, -0.2) is 4.98 Å². The lowest BCUT2D eigenvalue weighted by Crippen LogP contribution is -2.30. The molecule has 10 heteroatoms. The molecule has 1 aromatic heterocycles. The summed E-state index contributed by atoms with van der Waals surface area (Å²) in [5, 5.41) is 12.9. The molecule has 244 valence electrons. The van der Waals surface area contributed by atoms with E-state index in [1.807, 2.05) is 54.8 Å². The molecule has 0 fully saturated rings. The number of benzene rings is 5. The summed E-state index contributed by atoms with van der Waals surface area (Å²) in [6.45, 7) is 1.83. The van der Waals surface area contributed by atoms with Crippen LogP contribution in [0.2, 0.25) is 0 Å². The largest absolute Gasteiger partial charge is 0.497 e. The van der Waals surface area contributed by atoms with Crippen LogP contribution in [0.5, 0.6) is 5.75 Å². The molecule has 0 saturated heterocycles. The van der Waals surface area contributed by atoms with E-state index in [1.54, 1.807) is 67.8 Å². The molecular weight excluding hydrogens is 653 g/mol. The number of nitrogens with one attached hydrogen (secondary N) is 3. The third kappa shape index (κ3) is 8.61. The molecule has 0 aliphatic rings. The average molecular weight is 685 g/mol. The number of rotatable bonds is 11. The first kappa shape index (κ1) is 33.2. The van der Waals surface area contributed by atoms with E-state index in [0.717, 1.165) is 26.9 Å². The van der Waals surface area contributed by atoms with Gasteiger partial charge in [0.15, 0.2) is 5.13 Å². The molecule has 49 heavy (non-hydrogen) atoms. The molecule has 0 aliphatic heterocycles. The van der Waals surface area contributed by atoms with Gasteiger partial charge in [0.1, 0.15) is 11.4 Å². The topological polar surface area (TPSA) is 109 Å². The van der Waals surface area contributed by atoms with E-state index in [0.29, 0.717) is 27.7 Å². The van der Waals surface area contributed by atoms with Crippen molar-refractivity contribution in [3.8, 4) is 17.0 Å². The van der Waals surface area contributed by atoms with Crippen LogP contribution in [0.1, 0.15) is 22.8 Å². The molecule has 3 amide bonds. The maximum absolute atomic E-state index is 13.4. The Hall–Kier alpha value is -5.71. The second-order valence-corrected chi connectivity index (χ2v) is 13.3. The van der Waals surface area contributed by atoms with Crippen molar-refractivity contribution >= 4 is 68.5 Å². The first-order valence-corrected chi connectivity index (χ1v) is 17.2. The zero-order valence-corrected chi connectivity index (χ0v) is 28.3. The zero-order chi connectivity index (χ0) is 34.2. The molecule has 0 saturated carbocycles. The second-order valence-electron chi connectivity index (χ2n) is 11.0. The predicted molar refractivity (Wildman–Crippen MR) is 199 cm³/mol. The number of ether oxygens (including phenoxy) is 1. The van der Waals surface area contributed by atoms with Crippen molar-refractivity contribution in [2.45, 2.75) is 17.1 Å². The van der Waals surface area contributed by atoms with Gasteiger partial charge >= 0.3 is 0 Å². The second kappa shape index (κ2) is 15.5. The molecule has 6 aromatic rings. The summed E-state index contributed by atoms with van der Waals surface area (Å²) in [5.41, 5.74) is 3.50. The Balaban J connectivity index is 1.08. The number of thioether (sulfide) groups is 1. The smallest absolute Gasteiger partial charge is 0.272 e. The quantitative estimate of drug-likeness (QED) is 0.0933. The zero-order valence-electron chi connectivity index (χ0n) is 26.7. The van der Waals surface area contributed by atoms with E-state index < -0.39 is 17.1 Å². The van der Waals surface area contributed by atoms with Gasteiger partial charge in [-0.2, -0.15) is 0 Å². The molecule has 8 nitrogen and oxygen atoms in total. The number of thiazole rings is 1. The van der Waals surface area contributed by atoms with E-state index in [1.165, 1.54) is 23.1 Å². The Labute approximate surface area is 292 Å². The first-order chi connectivity index (χ1) is 23.8. The van der Waals surface area contributed by atoms with E-state index in [9.17, 15) is 14.4 Å². The Morgan fingerprint density at radius 2 is 1.57 bits per heavy atom. The number of methoxy groups -OCH3 is 1. The number of carbonyl (C=O) groups excluding carboxylic acids is 3. The van der Waals surface area contributed by atoms with Crippen molar-refractivity contribution in [3.63, 3.8) is 0 Å². The van der Waals surface area contributed by atoms with Crippen molar-refractivity contribution in [3.05, 3.63) is 144 Å². The number of amides is 3. The fourth-order valence-electron chi connectivity index (χ4n) is 4.93. The summed E-state index contributed by atoms with van der Waals surface area (Å²) in [5.74, 6) is -0.446. The van der Waals surface area contributed by atoms with Crippen LogP contribution in [-0.4, -0.2) is 35.1 Å². The summed E-state index contributed by atoms with van der Waals surface area (Å²) < 4.78 is 5.31. The predicted octanol–water partition coefficient (Wildman–Crippen LogP) is 8.50. The van der Waals surface area contributed by atoms with Crippen LogP contribution < -0.4 is 20.7 Å². The average Bonchev–Trinajstić information content (AvgIpc) is 3.60. The van der Waals surface area contributed by atoms with Gasteiger partial charge in [0.2, 0.25) is 5.91 Å². The minimum atomic E-state index is -0.494. The highest BCUT2D eigenvalue weighted by Gasteiger charge is 2.18. The van der Waals surface area contributed by atoms with Crippen molar-refractivity contribution in [1.82, 2.24) is 10.3 Å². The fourth-order valence-corrected chi connectivity index (χ4v) is 6.52. The van der Waals surface area contributed by atoms with E-state index in [-0.39, 0.29) is 11.6 Å². The van der Waals surface area contributed by atoms with Crippen LogP contribution in [0, 0.1) is 0 Å². The highest BCUT2D eigenvalue weighted by molar-refractivity contribution is 8.00. The number of carbonyl (C=O) groups is 3. The van der Waals surface area contributed by atoms with Crippen molar-refractivity contribution in [2.24, 2.45) is 0 Å². The molecule has 0 spiro atoms. The van der Waals surface area contributed by atoms with Crippen LogP contribution in [0.3, 0.4) is 0 Å². The fraction of sp³-hybridized carbons (Fsp3) is 0.0769. The van der Waals surface area contributed by atoms with Gasteiger partial charge in [-0.3, -0.25) is 14.4 Å². The lowest BCUT2D eigenvalue weighted by molar-refractivity contribution is -0.115. The molecule has 1 atom stereocenters. The lowest BCUT2D eigenvalue weighted by atomic mass is 10.1. The van der Waals surface area contributed by atoms with Crippen LogP contribution in [0.4, 0.5) is 10.8 Å². The standard InChI is InChI=1S/C39H32N4O4S2/c1-25(36(44)43-39-42-35(24-48-39)30-16-15-27-10-6-7-13-29(27)23-30)49-33-19-17-31(18-20-33)40-38(46)34(22-26-9-8-14-32(21-26)47-2)41-37(45)28-11-4-3-5-12-28/h3-25H,1-2H3,(H,40,46)(H,41,45)(H,42,43,44)/b34-22-. The summed E-state index contributed by atoms with van der Waals surface area (Å²) in [4.78, 5) is 44.9. The number of hydrogen-bond acceptors (Lipinski definition) is 7. The monoisotopic (exact) mass is 684 g/mol. The Bertz CT molecular complexity index is 2150. The van der Waals surface area contributed by atoms with Gasteiger partial charge in [-0.1, -0.05) is 66.7 Å². The number of nitrogens with zero attached hydrogens (tertiary/aromatic N) is 1. The molecule has 0 aliphatic carbocycles. The van der Waals surface area contributed by atoms with Gasteiger partial charge in [0.25, 0.3) is 11.8 Å². The maximum Gasteiger partial charge on any atom is 0.272 e. The van der Waals surface area contributed by atoms with Gasteiger partial charge in [0.05, 0.1) is 18.1 Å². The molecule has 1 heterocycles. The summed E-state index contributed by atoms with van der Waals surface area (Å²) in [7, 11) is 1.56. The van der Waals surface area contributed by atoms with Gasteiger partial charge in [0, 0.05) is 27.1 Å². The van der Waals surface area contributed by atoms with Crippen molar-refractivity contribution < 1.29 is 19.1 Å². The number of aromatic nitrogens is 1. The van der Waals surface area contributed by atoms with Crippen LogP contribution >= 0.6 is 23.1 Å². The highest BCUT2D eigenvalue weighted by Crippen LogP contribution is 2.30. The van der Waals surface area contributed by atoms with Gasteiger partial charge in [-0.05, 0) is 83.9 Å².